The van der Waals surface area contributed by atoms with Gasteiger partial charge in [-0.3, -0.25) is 14.5 Å². The van der Waals surface area contributed by atoms with Crippen molar-refractivity contribution < 1.29 is 18.7 Å². The first-order chi connectivity index (χ1) is 17.5. The zero-order valence-corrected chi connectivity index (χ0v) is 22.1. The van der Waals surface area contributed by atoms with E-state index in [0.29, 0.717) is 29.6 Å². The van der Waals surface area contributed by atoms with Gasteiger partial charge in [-0.15, -0.1) is 0 Å². The summed E-state index contributed by atoms with van der Waals surface area (Å²) in [5.74, 6) is -0.678. The summed E-state index contributed by atoms with van der Waals surface area (Å²) in [5.41, 5.74) is 0.840. The van der Waals surface area contributed by atoms with Crippen LogP contribution in [-0.2, 0) is 16.0 Å². The van der Waals surface area contributed by atoms with Crippen molar-refractivity contribution in [2.45, 2.75) is 70.2 Å². The van der Waals surface area contributed by atoms with E-state index in [-0.39, 0.29) is 35.8 Å². The summed E-state index contributed by atoms with van der Waals surface area (Å²) in [6.45, 7) is 6.31. The number of benzene rings is 1. The van der Waals surface area contributed by atoms with Crippen LogP contribution >= 0.6 is 0 Å². The number of hydrogen-bond donors (Lipinski definition) is 1. The number of nitrogens with zero attached hydrogens (tertiary/aromatic N) is 5. The van der Waals surface area contributed by atoms with E-state index in [9.17, 15) is 19.2 Å². The Labute approximate surface area is 217 Å². The van der Waals surface area contributed by atoms with Gasteiger partial charge >= 0.3 is 0 Å². The predicted octanol–water partition coefficient (Wildman–Crippen LogP) is 2.89. The molecule has 10 heteroatoms. The van der Waals surface area contributed by atoms with Crippen LogP contribution in [0.1, 0.15) is 56.0 Å². The maximum Gasteiger partial charge on any atom is 0.256 e. The molecule has 9 nitrogen and oxygen atoms in total. The van der Waals surface area contributed by atoms with Gasteiger partial charge in [0.05, 0.1) is 35.2 Å². The van der Waals surface area contributed by atoms with E-state index in [1.165, 1.54) is 21.8 Å². The van der Waals surface area contributed by atoms with Gasteiger partial charge in [0.15, 0.2) is 0 Å². The number of hydrogen-bond acceptors (Lipinski definition) is 6. The molecule has 2 aromatic rings. The maximum absolute atomic E-state index is 15.0. The average molecular weight is 511 g/mol. The zero-order chi connectivity index (χ0) is 26.9. The number of ether oxygens (including phenoxy) is 1. The lowest BCUT2D eigenvalue weighted by atomic mass is 9.97. The Morgan fingerprint density at radius 1 is 1.32 bits per heavy atom. The molecule has 1 aromatic carbocycles. The summed E-state index contributed by atoms with van der Waals surface area (Å²) < 4.78 is 22.4. The number of likely N-dealkylation sites (tertiary alicyclic amines) is 1. The average Bonchev–Trinajstić information content (AvgIpc) is 3.58. The molecule has 1 saturated heterocycles. The molecule has 1 saturated carbocycles. The Bertz CT molecular complexity index is 1200. The molecule has 2 fully saturated rings. The van der Waals surface area contributed by atoms with Gasteiger partial charge in [-0.1, -0.05) is 6.07 Å². The van der Waals surface area contributed by atoms with Crippen LogP contribution in [0.15, 0.2) is 30.6 Å². The fourth-order valence-corrected chi connectivity index (χ4v) is 5.18. The summed E-state index contributed by atoms with van der Waals surface area (Å²) in [4.78, 5) is 28.9. The van der Waals surface area contributed by atoms with Crippen LogP contribution in [-0.4, -0.2) is 75.9 Å². The van der Waals surface area contributed by atoms with E-state index in [4.69, 9.17) is 4.74 Å². The number of amides is 2. The first kappa shape index (κ1) is 26.8. The summed E-state index contributed by atoms with van der Waals surface area (Å²) in [6.07, 6.45) is 5.99. The van der Waals surface area contributed by atoms with Gasteiger partial charge in [0.2, 0.25) is 5.91 Å². The smallest absolute Gasteiger partial charge is 0.256 e. The number of aromatic nitrogens is 2. The number of nitrogens with one attached hydrogen (secondary N) is 1. The number of rotatable bonds is 8. The van der Waals surface area contributed by atoms with Gasteiger partial charge in [0.1, 0.15) is 18.6 Å². The molecule has 4 rings (SSSR count). The Balaban J connectivity index is 1.42. The highest BCUT2D eigenvalue weighted by Gasteiger charge is 2.49. The molecular weight excluding hydrogens is 475 g/mol. The highest BCUT2D eigenvalue weighted by Crippen LogP contribution is 2.42. The first-order valence-electron chi connectivity index (χ1n) is 12.6. The van der Waals surface area contributed by atoms with Crippen molar-refractivity contribution in [1.82, 2.24) is 24.9 Å². The van der Waals surface area contributed by atoms with E-state index in [1.807, 2.05) is 20.8 Å². The van der Waals surface area contributed by atoms with Crippen LogP contribution < -0.4 is 5.32 Å². The predicted molar refractivity (Wildman–Crippen MR) is 135 cm³/mol. The highest BCUT2D eigenvalue weighted by molar-refractivity contribution is 5.93. The molecule has 1 N–H and O–H groups in total. The molecule has 0 spiro atoms. The minimum Gasteiger partial charge on any atom is -0.360 e. The number of nitriles is 1. The van der Waals surface area contributed by atoms with E-state index < -0.39 is 11.9 Å². The molecule has 2 amide bonds. The normalized spacial score (nSPS) is 22.0. The molecule has 0 unspecified atom stereocenters. The fraction of sp³-hybridized carbons (Fsp3) is 0.556. The third-order valence-electron chi connectivity index (χ3n) is 7.07. The molecular formula is C27H35FN6O3. The second-order valence-corrected chi connectivity index (χ2v) is 11.1. The first-order valence-corrected chi connectivity index (χ1v) is 12.6. The minimum atomic E-state index is -0.869. The second-order valence-electron chi connectivity index (χ2n) is 11.1. The van der Waals surface area contributed by atoms with E-state index in [1.54, 1.807) is 32.4 Å². The maximum atomic E-state index is 15.0. The molecule has 1 aliphatic carbocycles. The second kappa shape index (κ2) is 10.6. The van der Waals surface area contributed by atoms with Crippen LogP contribution in [0, 0.1) is 23.1 Å². The fourth-order valence-electron chi connectivity index (χ4n) is 5.18. The Kier molecular flexibility index (Phi) is 7.67. The molecule has 1 aliphatic heterocycles. The standard InChI is InChI=1S/C27H35FN6O3/c1-27(2,3)37-16-33-21-8-7-18(11-21)24(33)25(35)31-20(13-29)10-17-6-9-22(12-23(17)28)34-15-19(14-30-34)26(36)32(4)5/h6,9,12,14-15,18,20-21,24H,7-8,10-11,16H2,1-5H3,(H,31,35)/t18-,20-,21+,24-/m0/s1. The molecule has 2 aliphatic rings. The number of carbonyl (C=O) groups is 2. The lowest BCUT2D eigenvalue weighted by molar-refractivity contribution is -0.136. The van der Waals surface area contributed by atoms with Gasteiger partial charge < -0.3 is 15.0 Å². The van der Waals surface area contributed by atoms with Crippen LogP contribution in [0.25, 0.3) is 5.69 Å². The topological polar surface area (TPSA) is 103 Å². The van der Waals surface area contributed by atoms with Crippen LogP contribution in [0.5, 0.6) is 0 Å². The lowest BCUT2D eigenvalue weighted by Gasteiger charge is -2.36. The molecule has 1 aromatic heterocycles. The Morgan fingerprint density at radius 2 is 2.08 bits per heavy atom. The van der Waals surface area contributed by atoms with Crippen molar-refractivity contribution >= 4 is 11.8 Å². The SMILES string of the molecule is CN(C)C(=O)c1cnn(-c2ccc(C[C@@H](C#N)NC(=O)[C@@H]3[C@H]4CC[C@H](C4)N3COC(C)(C)C)c(F)c2)c1. The summed E-state index contributed by atoms with van der Waals surface area (Å²) in [6, 6.07) is 5.77. The Morgan fingerprint density at radius 3 is 2.73 bits per heavy atom. The summed E-state index contributed by atoms with van der Waals surface area (Å²) in [5, 5.41) is 16.7. The van der Waals surface area contributed by atoms with E-state index in [0.717, 1.165) is 19.3 Å². The molecule has 2 bridgehead atoms. The quantitative estimate of drug-likeness (QED) is 0.586. The van der Waals surface area contributed by atoms with Crippen molar-refractivity contribution in [1.29, 1.82) is 5.26 Å². The van der Waals surface area contributed by atoms with E-state index >= 15 is 0 Å². The molecule has 4 atom stereocenters. The third kappa shape index (κ3) is 6.00. The van der Waals surface area contributed by atoms with Crippen molar-refractivity contribution in [3.63, 3.8) is 0 Å². The largest absolute Gasteiger partial charge is 0.360 e. The molecule has 0 radical (unpaired) electrons. The number of fused-ring (bicyclic) bond motifs is 2. The van der Waals surface area contributed by atoms with Crippen LogP contribution in [0.4, 0.5) is 4.39 Å². The van der Waals surface area contributed by atoms with Gasteiger partial charge in [-0.25, -0.2) is 9.07 Å². The van der Waals surface area contributed by atoms with Crippen molar-refractivity contribution in [3.05, 3.63) is 47.5 Å². The van der Waals surface area contributed by atoms with Gasteiger partial charge in [0, 0.05) is 32.8 Å². The monoisotopic (exact) mass is 510 g/mol. The van der Waals surface area contributed by atoms with Crippen molar-refractivity contribution in [2.24, 2.45) is 5.92 Å². The number of halogens is 1. The lowest BCUT2D eigenvalue weighted by Crippen LogP contribution is -2.53. The minimum absolute atomic E-state index is 0.0388. The van der Waals surface area contributed by atoms with Gasteiger partial charge in [-0.2, -0.15) is 10.4 Å². The molecule has 2 heterocycles. The third-order valence-corrected chi connectivity index (χ3v) is 7.07. The van der Waals surface area contributed by atoms with Crippen molar-refractivity contribution in [3.8, 4) is 11.8 Å². The number of piperidine rings is 1. The number of carbonyl (C=O) groups excluding carboxylic acids is 2. The summed E-state index contributed by atoms with van der Waals surface area (Å²) >= 11 is 0. The van der Waals surface area contributed by atoms with E-state index in [2.05, 4.69) is 21.4 Å². The summed E-state index contributed by atoms with van der Waals surface area (Å²) in [7, 11) is 3.29. The van der Waals surface area contributed by atoms with Gasteiger partial charge in [-0.05, 0) is 63.6 Å². The van der Waals surface area contributed by atoms with Crippen LogP contribution in [0.3, 0.4) is 0 Å². The van der Waals surface area contributed by atoms with Crippen molar-refractivity contribution in [2.75, 3.05) is 20.8 Å². The Hall–Kier alpha value is -3.29. The molecule has 198 valence electrons. The van der Waals surface area contributed by atoms with Crippen LogP contribution in [0.2, 0.25) is 0 Å². The highest BCUT2D eigenvalue weighted by atomic mass is 19.1. The molecule has 37 heavy (non-hydrogen) atoms. The zero-order valence-electron chi connectivity index (χ0n) is 22.1. The van der Waals surface area contributed by atoms with Gasteiger partial charge in [0.25, 0.3) is 5.91 Å².